The molecule has 142 valence electrons. The van der Waals surface area contributed by atoms with Gasteiger partial charge in [0.05, 0.1) is 11.4 Å². The van der Waals surface area contributed by atoms with Crippen LogP contribution in [0.3, 0.4) is 0 Å². The van der Waals surface area contributed by atoms with Crippen molar-refractivity contribution >= 4 is 29.3 Å². The number of carbonyl (C=O) groups is 1. The molecule has 0 aliphatic rings. The van der Waals surface area contributed by atoms with Gasteiger partial charge in [0.1, 0.15) is 5.82 Å². The summed E-state index contributed by atoms with van der Waals surface area (Å²) < 4.78 is 16.1. The van der Waals surface area contributed by atoms with E-state index in [2.05, 4.69) is 23.4 Å². The van der Waals surface area contributed by atoms with Crippen LogP contribution >= 0.6 is 23.4 Å². The first-order chi connectivity index (χ1) is 12.2. The van der Waals surface area contributed by atoms with Gasteiger partial charge in [0, 0.05) is 36.4 Å². The van der Waals surface area contributed by atoms with Crippen LogP contribution in [0.1, 0.15) is 30.8 Å². The van der Waals surface area contributed by atoms with E-state index in [1.807, 2.05) is 13.8 Å². The lowest BCUT2D eigenvalue weighted by Gasteiger charge is -2.18. The van der Waals surface area contributed by atoms with E-state index in [-0.39, 0.29) is 18.2 Å². The molecule has 0 saturated carbocycles. The Morgan fingerprint density at radius 2 is 2.08 bits per heavy atom. The Kier molecular flexibility index (Phi) is 7.12. The van der Waals surface area contributed by atoms with Gasteiger partial charge in [0.2, 0.25) is 5.91 Å². The summed E-state index contributed by atoms with van der Waals surface area (Å²) in [5, 5.41) is 1.18. The predicted molar refractivity (Wildman–Crippen MR) is 105 cm³/mol. The van der Waals surface area contributed by atoms with Crippen LogP contribution in [-0.2, 0) is 17.9 Å². The highest BCUT2D eigenvalue weighted by Gasteiger charge is 2.17. The third-order valence-corrected chi connectivity index (χ3v) is 5.49. The molecular formula is C19H25ClFN3OS. The number of hydrogen-bond acceptors (Lipinski definition) is 3. The van der Waals surface area contributed by atoms with Crippen molar-refractivity contribution in [3.63, 3.8) is 0 Å². The molecule has 1 aromatic heterocycles. The normalized spacial score (nSPS) is 11.2. The molecule has 0 bridgehead atoms. The van der Waals surface area contributed by atoms with E-state index in [1.54, 1.807) is 19.2 Å². The molecule has 0 aliphatic heterocycles. The number of carbonyl (C=O) groups excluding carboxylic acids is 1. The van der Waals surface area contributed by atoms with Gasteiger partial charge in [0.25, 0.3) is 0 Å². The van der Waals surface area contributed by atoms with E-state index < -0.39 is 5.82 Å². The van der Waals surface area contributed by atoms with Crippen LogP contribution in [0.5, 0.6) is 0 Å². The molecular weight excluding hydrogens is 373 g/mol. The minimum Gasteiger partial charge on any atom is -0.341 e. The zero-order valence-corrected chi connectivity index (χ0v) is 17.4. The van der Waals surface area contributed by atoms with E-state index >= 15 is 0 Å². The second kappa shape index (κ2) is 8.91. The minimum atomic E-state index is -0.400. The van der Waals surface area contributed by atoms with Gasteiger partial charge < -0.3 is 9.47 Å². The third kappa shape index (κ3) is 5.01. The minimum absolute atomic E-state index is 0.0938. The first-order valence-electron chi connectivity index (χ1n) is 8.54. The molecule has 1 aromatic carbocycles. The van der Waals surface area contributed by atoms with Gasteiger partial charge in [-0.05, 0) is 31.9 Å². The largest absolute Gasteiger partial charge is 0.341 e. The summed E-state index contributed by atoms with van der Waals surface area (Å²) in [4.78, 5) is 18.5. The van der Waals surface area contributed by atoms with E-state index in [4.69, 9.17) is 11.6 Å². The summed E-state index contributed by atoms with van der Waals surface area (Å²) in [6, 6.07) is 4.53. The zero-order valence-electron chi connectivity index (χ0n) is 15.8. The quantitative estimate of drug-likeness (QED) is 0.635. The number of aromatic nitrogens is 2. The Labute approximate surface area is 163 Å². The smallest absolute Gasteiger partial charge is 0.233 e. The Morgan fingerprint density at radius 3 is 2.69 bits per heavy atom. The lowest BCUT2D eigenvalue weighted by Crippen LogP contribution is -2.28. The maximum atomic E-state index is 13.9. The second-order valence-electron chi connectivity index (χ2n) is 6.81. The molecule has 0 atom stereocenters. The first kappa shape index (κ1) is 20.8. The number of rotatable bonds is 7. The maximum absolute atomic E-state index is 13.9. The van der Waals surface area contributed by atoms with Crippen LogP contribution < -0.4 is 0 Å². The topological polar surface area (TPSA) is 38.1 Å². The molecule has 1 heterocycles. The van der Waals surface area contributed by atoms with Gasteiger partial charge in [-0.1, -0.05) is 43.3 Å². The first-order valence-corrected chi connectivity index (χ1v) is 9.90. The number of hydrogen-bond donors (Lipinski definition) is 0. The summed E-state index contributed by atoms with van der Waals surface area (Å²) in [5.74, 6) is 0.242. The Morgan fingerprint density at radius 1 is 1.38 bits per heavy atom. The van der Waals surface area contributed by atoms with Gasteiger partial charge in [-0.15, -0.1) is 0 Å². The Hall–Kier alpha value is -1.53. The second-order valence-corrected chi connectivity index (χ2v) is 8.16. The molecule has 1 amide bonds. The fourth-order valence-corrected chi connectivity index (χ4v) is 3.82. The molecule has 0 radical (unpaired) electrons. The molecule has 7 heteroatoms. The standard InChI is InChI=1S/C19H25ClFN3OS/c1-12(2)9-24-14(4)13(3)22-19(24)26-11-18(25)23(5)10-15-16(20)7-6-8-17(15)21/h6-8,12H,9-11H2,1-5H3. The molecule has 2 rings (SSSR count). The molecule has 26 heavy (non-hydrogen) atoms. The van der Waals surface area contributed by atoms with Crippen LogP contribution in [0.25, 0.3) is 0 Å². The van der Waals surface area contributed by atoms with Crippen LogP contribution in [0.15, 0.2) is 23.4 Å². The van der Waals surface area contributed by atoms with Gasteiger partial charge in [0.15, 0.2) is 5.16 Å². The molecule has 4 nitrogen and oxygen atoms in total. The fourth-order valence-electron chi connectivity index (χ4n) is 2.56. The van der Waals surface area contributed by atoms with Crippen molar-refractivity contribution in [2.75, 3.05) is 12.8 Å². The maximum Gasteiger partial charge on any atom is 0.233 e. The molecule has 2 aromatic rings. The molecule has 0 spiro atoms. The van der Waals surface area contributed by atoms with Crippen molar-refractivity contribution < 1.29 is 9.18 Å². The van der Waals surface area contributed by atoms with Crippen LogP contribution in [0, 0.1) is 25.6 Å². The van der Waals surface area contributed by atoms with Crippen LogP contribution in [0.2, 0.25) is 5.02 Å². The number of amides is 1. The number of benzene rings is 1. The van der Waals surface area contributed by atoms with Gasteiger partial charge >= 0.3 is 0 Å². The number of halogens is 2. The highest BCUT2D eigenvalue weighted by atomic mass is 35.5. The summed E-state index contributed by atoms with van der Waals surface area (Å²) >= 11 is 7.46. The average molecular weight is 398 g/mol. The van der Waals surface area contributed by atoms with Crippen LogP contribution in [-0.4, -0.2) is 33.2 Å². The third-order valence-electron chi connectivity index (χ3n) is 4.18. The van der Waals surface area contributed by atoms with Crippen molar-refractivity contribution in [1.29, 1.82) is 0 Å². The zero-order chi connectivity index (χ0) is 19.4. The summed E-state index contributed by atoms with van der Waals surface area (Å²) in [6.45, 7) is 9.33. The predicted octanol–water partition coefficient (Wildman–Crippen LogP) is 4.70. The lowest BCUT2D eigenvalue weighted by molar-refractivity contribution is -0.127. The SMILES string of the molecule is Cc1nc(SCC(=O)N(C)Cc2c(F)cccc2Cl)n(CC(C)C)c1C. The summed E-state index contributed by atoms with van der Waals surface area (Å²) in [7, 11) is 1.66. The number of imidazole rings is 1. The number of aryl methyl sites for hydroxylation is 1. The molecule has 0 unspecified atom stereocenters. The van der Waals surface area contributed by atoms with E-state index in [0.717, 1.165) is 23.1 Å². The number of nitrogens with zero attached hydrogens (tertiary/aromatic N) is 3. The van der Waals surface area contributed by atoms with Crippen molar-refractivity contribution in [1.82, 2.24) is 14.5 Å². The van der Waals surface area contributed by atoms with Crippen molar-refractivity contribution in [2.45, 2.75) is 45.9 Å². The fraction of sp³-hybridized carbons (Fsp3) is 0.474. The average Bonchev–Trinajstić information content (AvgIpc) is 2.83. The summed E-state index contributed by atoms with van der Waals surface area (Å²) in [5.41, 5.74) is 2.44. The Balaban J connectivity index is 2.03. The van der Waals surface area contributed by atoms with Crippen molar-refractivity contribution in [3.05, 3.63) is 46.0 Å². The number of thioether (sulfide) groups is 1. The summed E-state index contributed by atoms with van der Waals surface area (Å²) in [6.07, 6.45) is 0. The van der Waals surface area contributed by atoms with Gasteiger partial charge in [-0.25, -0.2) is 9.37 Å². The van der Waals surface area contributed by atoms with E-state index in [1.165, 1.54) is 22.7 Å². The van der Waals surface area contributed by atoms with E-state index in [9.17, 15) is 9.18 Å². The van der Waals surface area contributed by atoms with E-state index in [0.29, 0.717) is 16.5 Å². The lowest BCUT2D eigenvalue weighted by atomic mass is 10.2. The monoisotopic (exact) mass is 397 g/mol. The van der Waals surface area contributed by atoms with Crippen molar-refractivity contribution in [2.24, 2.45) is 5.92 Å². The van der Waals surface area contributed by atoms with Crippen molar-refractivity contribution in [3.8, 4) is 0 Å². The van der Waals surface area contributed by atoms with Crippen LogP contribution in [0.4, 0.5) is 4.39 Å². The highest BCUT2D eigenvalue weighted by molar-refractivity contribution is 7.99. The molecule has 0 N–H and O–H groups in total. The molecule has 0 saturated heterocycles. The van der Waals surface area contributed by atoms with Gasteiger partial charge in [-0.3, -0.25) is 4.79 Å². The molecule has 0 fully saturated rings. The van der Waals surface area contributed by atoms with Gasteiger partial charge in [-0.2, -0.15) is 0 Å². The highest BCUT2D eigenvalue weighted by Crippen LogP contribution is 2.24. The Bertz CT molecular complexity index is 771. The molecule has 0 aliphatic carbocycles.